The highest BCUT2D eigenvalue weighted by Gasteiger charge is 2.34. The second kappa shape index (κ2) is 11.6. The monoisotopic (exact) mass is 513 g/mol. The molecule has 0 aliphatic heterocycles. The molecule has 3 heterocycles. The fraction of sp³-hybridized carbons (Fsp3) is 0.333. The molecule has 0 amide bonds. The van der Waals surface area contributed by atoms with Crippen LogP contribution in [-0.2, 0) is 17.5 Å². The van der Waals surface area contributed by atoms with Crippen molar-refractivity contribution < 1.29 is 22.3 Å². The Bertz CT molecular complexity index is 1350. The summed E-state index contributed by atoms with van der Waals surface area (Å²) in [5.74, 6) is 0.820. The lowest BCUT2D eigenvalue weighted by Crippen LogP contribution is -2.11. The lowest BCUT2D eigenvalue weighted by molar-refractivity contribution is -0.137. The zero-order chi connectivity index (χ0) is 26.4. The zero-order valence-electron chi connectivity index (χ0n) is 20.5. The van der Waals surface area contributed by atoms with Crippen LogP contribution in [0.1, 0.15) is 38.1 Å². The average Bonchev–Trinajstić information content (AvgIpc) is 3.06. The first-order chi connectivity index (χ1) is 17.7. The SMILES string of the molecule is CC(C)COCc1nc(NCCC2=CC=CCC=C2F)c2ccc(-c3ncccc3C(F)(F)F)nc2n1. The number of aromatic nitrogens is 4. The van der Waals surface area contributed by atoms with E-state index in [2.05, 4.69) is 25.3 Å². The minimum Gasteiger partial charge on any atom is -0.373 e. The van der Waals surface area contributed by atoms with Crippen LogP contribution in [0.2, 0.25) is 0 Å². The van der Waals surface area contributed by atoms with Gasteiger partial charge in [0, 0.05) is 19.3 Å². The minimum absolute atomic E-state index is 0.0433. The minimum atomic E-state index is -4.58. The fourth-order valence-corrected chi connectivity index (χ4v) is 3.77. The van der Waals surface area contributed by atoms with Crippen molar-refractivity contribution >= 4 is 16.9 Å². The summed E-state index contributed by atoms with van der Waals surface area (Å²) in [4.78, 5) is 17.3. The van der Waals surface area contributed by atoms with E-state index in [-0.39, 0.29) is 29.5 Å². The Labute approximate surface area is 212 Å². The Morgan fingerprint density at radius 1 is 1.11 bits per heavy atom. The Kier molecular flexibility index (Phi) is 8.27. The summed E-state index contributed by atoms with van der Waals surface area (Å²) < 4.78 is 60.6. The molecular formula is C27H27F4N5O. The highest BCUT2D eigenvalue weighted by molar-refractivity contribution is 5.88. The van der Waals surface area contributed by atoms with E-state index in [1.165, 1.54) is 24.4 Å². The van der Waals surface area contributed by atoms with Crippen molar-refractivity contribution in [2.75, 3.05) is 18.5 Å². The Morgan fingerprint density at radius 2 is 1.95 bits per heavy atom. The third-order valence-electron chi connectivity index (χ3n) is 5.50. The predicted molar refractivity (Wildman–Crippen MR) is 134 cm³/mol. The van der Waals surface area contributed by atoms with E-state index in [0.29, 0.717) is 54.5 Å². The van der Waals surface area contributed by atoms with Crippen molar-refractivity contribution in [2.24, 2.45) is 5.92 Å². The van der Waals surface area contributed by atoms with Gasteiger partial charge in [0.1, 0.15) is 23.9 Å². The summed E-state index contributed by atoms with van der Waals surface area (Å²) >= 11 is 0. The second-order valence-corrected chi connectivity index (χ2v) is 8.95. The molecule has 0 saturated heterocycles. The molecule has 0 atom stereocenters. The van der Waals surface area contributed by atoms with Crippen molar-refractivity contribution in [3.05, 3.63) is 77.6 Å². The summed E-state index contributed by atoms with van der Waals surface area (Å²) in [5, 5.41) is 3.73. The summed E-state index contributed by atoms with van der Waals surface area (Å²) in [6.07, 6.45) is 4.61. The number of nitrogens with one attached hydrogen (secondary N) is 1. The maximum absolute atomic E-state index is 14.3. The van der Waals surface area contributed by atoms with Gasteiger partial charge in [-0.1, -0.05) is 32.1 Å². The van der Waals surface area contributed by atoms with E-state index in [4.69, 9.17) is 4.74 Å². The average molecular weight is 514 g/mol. The van der Waals surface area contributed by atoms with Gasteiger partial charge in [0.25, 0.3) is 0 Å². The number of anilines is 1. The Hall–Kier alpha value is -3.66. The summed E-state index contributed by atoms with van der Waals surface area (Å²) in [6.45, 7) is 5.00. The number of pyridine rings is 2. The first kappa shape index (κ1) is 26.4. The summed E-state index contributed by atoms with van der Waals surface area (Å²) in [7, 11) is 0. The standard InChI is InChI=1S/C27H27F4N5O/c1-17(2)15-37-16-23-35-25(33-14-12-18-7-4-3-5-9-21(18)28)19-10-11-22(34-26(19)36-23)24-20(27(29,30)31)8-6-13-32-24/h3-4,6-11,13,17H,5,12,14-16H2,1-2H3,(H,33,34,35,36). The molecule has 0 aromatic carbocycles. The maximum atomic E-state index is 14.3. The summed E-state index contributed by atoms with van der Waals surface area (Å²) in [5.41, 5.74) is -0.342. The van der Waals surface area contributed by atoms with Gasteiger partial charge in [-0.2, -0.15) is 13.2 Å². The number of hydrogen-bond acceptors (Lipinski definition) is 6. The molecule has 37 heavy (non-hydrogen) atoms. The number of allylic oxidation sites excluding steroid dienone is 5. The number of ether oxygens (including phenoxy) is 1. The van der Waals surface area contributed by atoms with Crippen LogP contribution in [0.15, 0.2) is 66.2 Å². The van der Waals surface area contributed by atoms with E-state index in [1.807, 2.05) is 26.0 Å². The van der Waals surface area contributed by atoms with Gasteiger partial charge in [0.2, 0.25) is 0 Å². The topological polar surface area (TPSA) is 72.8 Å². The second-order valence-electron chi connectivity index (χ2n) is 8.95. The van der Waals surface area contributed by atoms with E-state index in [1.54, 1.807) is 12.1 Å². The quantitative estimate of drug-likeness (QED) is 0.317. The molecule has 1 aliphatic carbocycles. The van der Waals surface area contributed by atoms with Gasteiger partial charge in [0.15, 0.2) is 11.5 Å². The number of alkyl halides is 3. The number of nitrogens with zero attached hydrogens (tertiary/aromatic N) is 4. The molecule has 3 aromatic heterocycles. The molecule has 0 bridgehead atoms. The lowest BCUT2D eigenvalue weighted by Gasteiger charge is -2.14. The Balaban J connectivity index is 1.67. The molecule has 10 heteroatoms. The highest BCUT2D eigenvalue weighted by Crippen LogP contribution is 2.35. The van der Waals surface area contributed by atoms with Gasteiger partial charge in [-0.15, -0.1) is 0 Å². The molecule has 6 nitrogen and oxygen atoms in total. The highest BCUT2D eigenvalue weighted by atomic mass is 19.4. The molecule has 0 saturated carbocycles. The van der Waals surface area contributed by atoms with Crippen LogP contribution in [-0.4, -0.2) is 33.1 Å². The van der Waals surface area contributed by atoms with Crippen molar-refractivity contribution in [1.82, 2.24) is 19.9 Å². The predicted octanol–water partition coefficient (Wildman–Crippen LogP) is 6.82. The van der Waals surface area contributed by atoms with Crippen LogP contribution in [0, 0.1) is 5.92 Å². The first-order valence-corrected chi connectivity index (χ1v) is 12.0. The molecular weight excluding hydrogens is 486 g/mol. The zero-order valence-corrected chi connectivity index (χ0v) is 20.5. The third-order valence-corrected chi connectivity index (χ3v) is 5.50. The number of halogens is 4. The van der Waals surface area contributed by atoms with Gasteiger partial charge in [-0.05, 0) is 54.7 Å². The molecule has 4 rings (SSSR count). The van der Waals surface area contributed by atoms with Crippen LogP contribution in [0.4, 0.5) is 23.4 Å². The molecule has 0 fully saturated rings. The van der Waals surface area contributed by atoms with Gasteiger partial charge in [-0.25, -0.2) is 19.3 Å². The molecule has 1 aliphatic rings. The van der Waals surface area contributed by atoms with E-state index >= 15 is 0 Å². The van der Waals surface area contributed by atoms with Crippen molar-refractivity contribution in [2.45, 2.75) is 39.5 Å². The molecule has 3 aromatic rings. The normalized spacial score (nSPS) is 14.0. The van der Waals surface area contributed by atoms with Crippen LogP contribution in [0.25, 0.3) is 22.4 Å². The van der Waals surface area contributed by atoms with Crippen molar-refractivity contribution in [3.63, 3.8) is 0 Å². The van der Waals surface area contributed by atoms with E-state index < -0.39 is 11.7 Å². The molecule has 0 spiro atoms. The number of fused-ring (bicyclic) bond motifs is 1. The molecule has 0 unspecified atom stereocenters. The lowest BCUT2D eigenvalue weighted by atomic mass is 10.1. The van der Waals surface area contributed by atoms with Crippen molar-refractivity contribution in [3.8, 4) is 11.4 Å². The third kappa shape index (κ3) is 6.76. The smallest absolute Gasteiger partial charge is 0.373 e. The first-order valence-electron chi connectivity index (χ1n) is 12.0. The van der Waals surface area contributed by atoms with Crippen LogP contribution in [0.5, 0.6) is 0 Å². The van der Waals surface area contributed by atoms with Crippen molar-refractivity contribution in [1.29, 1.82) is 0 Å². The van der Waals surface area contributed by atoms with Crippen LogP contribution < -0.4 is 5.32 Å². The van der Waals surface area contributed by atoms with Gasteiger partial charge >= 0.3 is 6.18 Å². The molecule has 0 radical (unpaired) electrons. The van der Waals surface area contributed by atoms with E-state index in [0.717, 1.165) is 6.07 Å². The van der Waals surface area contributed by atoms with Gasteiger partial charge in [0.05, 0.1) is 16.6 Å². The summed E-state index contributed by atoms with van der Waals surface area (Å²) in [6, 6.07) is 5.28. The maximum Gasteiger partial charge on any atom is 0.418 e. The number of rotatable bonds is 9. The molecule has 194 valence electrons. The van der Waals surface area contributed by atoms with Gasteiger partial charge < -0.3 is 10.1 Å². The van der Waals surface area contributed by atoms with E-state index in [9.17, 15) is 17.6 Å². The number of hydrogen-bond donors (Lipinski definition) is 1. The largest absolute Gasteiger partial charge is 0.418 e. The molecule has 1 N–H and O–H groups in total. The van der Waals surface area contributed by atoms with Crippen LogP contribution >= 0.6 is 0 Å². The fourth-order valence-electron chi connectivity index (χ4n) is 3.77. The Morgan fingerprint density at radius 3 is 2.73 bits per heavy atom. The van der Waals surface area contributed by atoms with Gasteiger partial charge in [-0.3, -0.25) is 4.98 Å². The van der Waals surface area contributed by atoms with Crippen LogP contribution in [0.3, 0.4) is 0 Å².